The first-order valence-electron chi connectivity index (χ1n) is 8.91. The van der Waals surface area contributed by atoms with E-state index >= 15 is 0 Å². The zero-order valence-electron chi connectivity index (χ0n) is 15.4. The van der Waals surface area contributed by atoms with E-state index in [9.17, 15) is 9.59 Å². The number of rotatable bonds is 8. The molecule has 9 nitrogen and oxygen atoms in total. The number of amides is 3. The molecule has 1 aromatic carbocycles. The van der Waals surface area contributed by atoms with Crippen molar-refractivity contribution < 1.29 is 18.8 Å². The zero-order valence-corrected chi connectivity index (χ0v) is 15.4. The van der Waals surface area contributed by atoms with Crippen LogP contribution in [0.2, 0.25) is 0 Å². The molecule has 3 rings (SSSR count). The lowest BCUT2D eigenvalue weighted by molar-refractivity contribution is 0.0949. The van der Waals surface area contributed by atoms with E-state index in [1.54, 1.807) is 4.90 Å². The van der Waals surface area contributed by atoms with Crippen LogP contribution in [0.15, 0.2) is 28.8 Å². The van der Waals surface area contributed by atoms with E-state index in [0.717, 1.165) is 24.2 Å². The molecule has 0 unspecified atom stereocenters. The largest absolute Gasteiger partial charge is 0.494 e. The molecular formula is C18H23N5O4. The number of carbonyl (C=O) groups excluding carboxylic acids is 2. The monoisotopic (exact) mass is 373 g/mol. The summed E-state index contributed by atoms with van der Waals surface area (Å²) in [6.45, 7) is 3.08. The van der Waals surface area contributed by atoms with Gasteiger partial charge in [-0.25, -0.2) is 4.79 Å². The Morgan fingerprint density at radius 1 is 1.37 bits per heavy atom. The summed E-state index contributed by atoms with van der Waals surface area (Å²) in [5, 5.41) is 8.77. The van der Waals surface area contributed by atoms with Crippen molar-refractivity contribution in [3.05, 3.63) is 41.5 Å². The topological polar surface area (TPSA) is 110 Å². The van der Waals surface area contributed by atoms with Gasteiger partial charge in [-0.15, -0.1) is 0 Å². The quantitative estimate of drug-likeness (QED) is 0.729. The molecule has 0 saturated heterocycles. The van der Waals surface area contributed by atoms with Crippen molar-refractivity contribution in [2.75, 3.05) is 13.7 Å². The van der Waals surface area contributed by atoms with Crippen LogP contribution in [0.25, 0.3) is 0 Å². The molecule has 9 heteroatoms. The number of hydrogen-bond acceptors (Lipinski definition) is 6. The van der Waals surface area contributed by atoms with Gasteiger partial charge in [-0.3, -0.25) is 4.79 Å². The minimum atomic E-state index is -0.440. The van der Waals surface area contributed by atoms with Gasteiger partial charge in [0.1, 0.15) is 5.75 Å². The minimum Gasteiger partial charge on any atom is -0.494 e. The Morgan fingerprint density at radius 3 is 2.89 bits per heavy atom. The third-order valence-electron chi connectivity index (χ3n) is 4.10. The van der Waals surface area contributed by atoms with Gasteiger partial charge >= 0.3 is 6.03 Å². The first-order valence-corrected chi connectivity index (χ1v) is 8.91. The van der Waals surface area contributed by atoms with Crippen LogP contribution in [0.5, 0.6) is 5.75 Å². The number of hydrogen-bond donors (Lipinski definition) is 2. The maximum atomic E-state index is 12.6. The number of nitrogens with zero attached hydrogens (tertiary/aromatic N) is 3. The SMILES string of the molecule is CCOc1cccc(CN(C(=O)NCc2nc(C(=O)NC)no2)C2CC2)c1. The lowest BCUT2D eigenvalue weighted by Gasteiger charge is -2.23. The summed E-state index contributed by atoms with van der Waals surface area (Å²) in [5.41, 5.74) is 1.00. The van der Waals surface area contributed by atoms with Crippen molar-refractivity contribution in [1.82, 2.24) is 25.7 Å². The van der Waals surface area contributed by atoms with Gasteiger partial charge in [-0.1, -0.05) is 17.3 Å². The molecule has 1 aliphatic rings. The average Bonchev–Trinajstić information content (AvgIpc) is 3.41. The summed E-state index contributed by atoms with van der Waals surface area (Å²) < 4.78 is 10.5. The fourth-order valence-corrected chi connectivity index (χ4v) is 2.63. The smallest absolute Gasteiger partial charge is 0.318 e. The van der Waals surface area contributed by atoms with E-state index in [1.807, 2.05) is 31.2 Å². The van der Waals surface area contributed by atoms with Crippen LogP contribution in [0.3, 0.4) is 0 Å². The Morgan fingerprint density at radius 2 is 2.19 bits per heavy atom. The Hall–Kier alpha value is -3.10. The van der Waals surface area contributed by atoms with Crippen molar-refractivity contribution in [3.63, 3.8) is 0 Å². The van der Waals surface area contributed by atoms with Gasteiger partial charge in [0.2, 0.25) is 5.89 Å². The second-order valence-electron chi connectivity index (χ2n) is 6.19. The van der Waals surface area contributed by atoms with Crippen LogP contribution in [-0.2, 0) is 13.1 Å². The van der Waals surface area contributed by atoms with Gasteiger partial charge in [-0.05, 0) is 37.5 Å². The van der Waals surface area contributed by atoms with Crippen LogP contribution < -0.4 is 15.4 Å². The fourth-order valence-electron chi connectivity index (χ4n) is 2.63. The molecule has 2 aromatic rings. The molecule has 2 N–H and O–H groups in total. The standard InChI is InChI=1S/C18H23N5O4/c1-3-26-14-6-4-5-12(9-14)11-23(13-7-8-13)18(25)20-10-15-21-16(22-27-15)17(24)19-2/h4-6,9,13H,3,7-8,10-11H2,1-2H3,(H,19,24)(H,20,25). The van der Waals surface area contributed by atoms with E-state index in [1.165, 1.54) is 7.05 Å². The summed E-state index contributed by atoms with van der Waals surface area (Å²) in [5.74, 6) is 0.466. The van der Waals surface area contributed by atoms with Gasteiger partial charge in [0.25, 0.3) is 11.7 Å². The molecule has 27 heavy (non-hydrogen) atoms. The highest BCUT2D eigenvalue weighted by atomic mass is 16.5. The zero-order chi connectivity index (χ0) is 19.2. The molecule has 0 radical (unpaired) electrons. The number of carbonyl (C=O) groups is 2. The third kappa shape index (κ3) is 4.96. The molecule has 0 atom stereocenters. The number of ether oxygens (including phenoxy) is 1. The Kier molecular flexibility index (Phi) is 5.90. The Bertz CT molecular complexity index is 803. The summed E-state index contributed by atoms with van der Waals surface area (Å²) >= 11 is 0. The average molecular weight is 373 g/mol. The fraction of sp³-hybridized carbons (Fsp3) is 0.444. The summed E-state index contributed by atoms with van der Waals surface area (Å²) in [6, 6.07) is 7.75. The minimum absolute atomic E-state index is 0.0605. The normalized spacial score (nSPS) is 13.1. The second-order valence-corrected chi connectivity index (χ2v) is 6.19. The Balaban J connectivity index is 1.60. The first-order chi connectivity index (χ1) is 13.1. The van der Waals surface area contributed by atoms with Crippen molar-refractivity contribution in [2.45, 2.75) is 38.9 Å². The van der Waals surface area contributed by atoms with Crippen LogP contribution in [0.4, 0.5) is 4.79 Å². The van der Waals surface area contributed by atoms with Gasteiger partial charge in [0.15, 0.2) is 0 Å². The summed E-state index contributed by atoms with van der Waals surface area (Å²) in [7, 11) is 1.48. The maximum absolute atomic E-state index is 12.6. The van der Waals surface area contributed by atoms with Crippen molar-refractivity contribution in [2.24, 2.45) is 0 Å². The van der Waals surface area contributed by atoms with Crippen LogP contribution in [0.1, 0.15) is 41.8 Å². The summed E-state index contributed by atoms with van der Waals surface area (Å²) in [4.78, 5) is 29.8. The summed E-state index contributed by atoms with van der Waals surface area (Å²) in [6.07, 6.45) is 1.97. The molecule has 1 aromatic heterocycles. The number of nitrogens with one attached hydrogen (secondary N) is 2. The molecular weight excluding hydrogens is 350 g/mol. The predicted octanol–water partition coefficient (Wildman–Crippen LogP) is 1.70. The highest BCUT2D eigenvalue weighted by Gasteiger charge is 2.32. The molecule has 0 aliphatic heterocycles. The van der Waals surface area contributed by atoms with E-state index in [-0.39, 0.29) is 30.3 Å². The Labute approximate surface area is 157 Å². The molecule has 0 bridgehead atoms. The molecule has 144 valence electrons. The highest BCUT2D eigenvalue weighted by molar-refractivity contribution is 5.89. The molecule has 1 aliphatic carbocycles. The van der Waals surface area contributed by atoms with Crippen molar-refractivity contribution in [3.8, 4) is 5.75 Å². The van der Waals surface area contributed by atoms with E-state index in [0.29, 0.717) is 13.2 Å². The van der Waals surface area contributed by atoms with Gasteiger partial charge < -0.3 is 24.8 Å². The predicted molar refractivity (Wildman–Crippen MR) is 96.1 cm³/mol. The molecule has 1 fully saturated rings. The lowest BCUT2D eigenvalue weighted by Crippen LogP contribution is -2.40. The maximum Gasteiger partial charge on any atom is 0.318 e. The van der Waals surface area contributed by atoms with Crippen LogP contribution in [0, 0.1) is 0 Å². The third-order valence-corrected chi connectivity index (χ3v) is 4.10. The van der Waals surface area contributed by atoms with Gasteiger partial charge in [0.05, 0.1) is 13.2 Å². The van der Waals surface area contributed by atoms with Gasteiger partial charge in [0, 0.05) is 19.6 Å². The van der Waals surface area contributed by atoms with Crippen LogP contribution in [-0.4, -0.2) is 46.7 Å². The van der Waals surface area contributed by atoms with E-state index in [4.69, 9.17) is 9.26 Å². The highest BCUT2D eigenvalue weighted by Crippen LogP contribution is 2.29. The first kappa shape index (κ1) is 18.7. The number of aromatic nitrogens is 2. The van der Waals surface area contributed by atoms with Crippen LogP contribution >= 0.6 is 0 Å². The number of benzene rings is 1. The van der Waals surface area contributed by atoms with Crippen molar-refractivity contribution in [1.29, 1.82) is 0 Å². The van der Waals surface area contributed by atoms with E-state index in [2.05, 4.69) is 20.8 Å². The molecule has 3 amide bonds. The number of urea groups is 1. The molecule has 1 heterocycles. The second kappa shape index (κ2) is 8.52. The van der Waals surface area contributed by atoms with Gasteiger partial charge in [-0.2, -0.15) is 4.98 Å². The van der Waals surface area contributed by atoms with Crippen molar-refractivity contribution >= 4 is 11.9 Å². The molecule has 1 saturated carbocycles. The lowest BCUT2D eigenvalue weighted by atomic mass is 10.2. The van der Waals surface area contributed by atoms with E-state index < -0.39 is 5.91 Å². The molecule has 0 spiro atoms.